The van der Waals surface area contributed by atoms with Crippen molar-refractivity contribution in [2.75, 3.05) is 13.1 Å². The van der Waals surface area contributed by atoms with Gasteiger partial charge in [0.1, 0.15) is 5.82 Å². The largest absolute Gasteiger partial charge is 0.350 e. The van der Waals surface area contributed by atoms with Gasteiger partial charge in [0.25, 0.3) is 0 Å². The Morgan fingerprint density at radius 1 is 1.19 bits per heavy atom. The molecule has 7 heteroatoms. The molecule has 2 amide bonds. The summed E-state index contributed by atoms with van der Waals surface area (Å²) in [5.41, 5.74) is 0.793. The summed E-state index contributed by atoms with van der Waals surface area (Å²) in [6.45, 7) is 4.32. The number of carbonyl (C=O) groups excluding carboxylic acids is 2. The van der Waals surface area contributed by atoms with Crippen LogP contribution in [0.4, 0.5) is 4.39 Å². The summed E-state index contributed by atoms with van der Waals surface area (Å²) >= 11 is 7.52. The molecular formula is C20H22ClFN2O2S. The average Bonchev–Trinajstić information content (AvgIpc) is 2.66. The molecule has 0 spiro atoms. The van der Waals surface area contributed by atoms with E-state index in [1.54, 1.807) is 25.1 Å². The molecule has 1 atom stereocenters. The highest BCUT2D eigenvalue weighted by Gasteiger charge is 2.23. The van der Waals surface area contributed by atoms with Crippen LogP contribution in [-0.2, 0) is 16.1 Å². The summed E-state index contributed by atoms with van der Waals surface area (Å²) in [5.74, 6) is -0.707. The second-order valence-electron chi connectivity index (χ2n) is 5.95. The van der Waals surface area contributed by atoms with Crippen molar-refractivity contribution >= 4 is 35.2 Å². The molecule has 0 saturated carbocycles. The molecule has 2 aromatic carbocycles. The number of rotatable bonds is 8. The Morgan fingerprint density at radius 2 is 1.85 bits per heavy atom. The number of nitrogens with one attached hydrogen (secondary N) is 1. The number of likely N-dealkylation sites (N-methyl/N-ethyl adjacent to an activating group) is 1. The normalized spacial score (nSPS) is 11.7. The first-order chi connectivity index (χ1) is 12.9. The lowest BCUT2D eigenvalue weighted by Crippen LogP contribution is -2.43. The minimum absolute atomic E-state index is 0.0239. The molecular weight excluding hydrogens is 387 g/mol. The molecule has 0 aliphatic heterocycles. The van der Waals surface area contributed by atoms with Crippen molar-refractivity contribution in [3.63, 3.8) is 0 Å². The van der Waals surface area contributed by atoms with Crippen LogP contribution < -0.4 is 5.32 Å². The Kier molecular flexibility index (Phi) is 8.13. The van der Waals surface area contributed by atoms with Gasteiger partial charge in [-0.15, -0.1) is 11.8 Å². The molecule has 4 nitrogen and oxygen atoms in total. The van der Waals surface area contributed by atoms with Crippen LogP contribution in [0.2, 0.25) is 5.02 Å². The van der Waals surface area contributed by atoms with Gasteiger partial charge in [-0.25, -0.2) is 4.39 Å². The quantitative estimate of drug-likeness (QED) is 0.668. The first-order valence-electron chi connectivity index (χ1n) is 8.61. The number of halogens is 2. The predicted molar refractivity (Wildman–Crippen MR) is 107 cm³/mol. The van der Waals surface area contributed by atoms with Crippen LogP contribution in [-0.4, -0.2) is 35.1 Å². The van der Waals surface area contributed by atoms with Gasteiger partial charge in [-0.3, -0.25) is 9.59 Å². The van der Waals surface area contributed by atoms with Crippen molar-refractivity contribution < 1.29 is 14.0 Å². The van der Waals surface area contributed by atoms with Crippen molar-refractivity contribution in [3.05, 3.63) is 64.9 Å². The van der Waals surface area contributed by atoms with Crippen LogP contribution in [0.1, 0.15) is 19.4 Å². The van der Waals surface area contributed by atoms with Crippen molar-refractivity contribution in [2.24, 2.45) is 0 Å². The minimum Gasteiger partial charge on any atom is -0.350 e. The monoisotopic (exact) mass is 408 g/mol. The fourth-order valence-electron chi connectivity index (χ4n) is 2.42. The standard InChI is InChI=1S/C20H22ClFN2O2S/c1-3-24(13-19(25)23-12-15-8-10-16(22)11-9-15)20(26)14(2)27-18-7-5-4-6-17(18)21/h4-11,14H,3,12-13H2,1-2H3,(H,23,25). The van der Waals surface area contributed by atoms with E-state index in [1.807, 2.05) is 25.1 Å². The highest BCUT2D eigenvalue weighted by Crippen LogP contribution is 2.30. The molecule has 0 saturated heterocycles. The molecule has 1 N–H and O–H groups in total. The third-order valence-corrected chi connectivity index (χ3v) is 5.53. The van der Waals surface area contributed by atoms with Crippen LogP contribution in [0.25, 0.3) is 0 Å². The number of hydrogen-bond acceptors (Lipinski definition) is 3. The lowest BCUT2D eigenvalue weighted by atomic mass is 10.2. The van der Waals surface area contributed by atoms with Gasteiger partial charge in [0.2, 0.25) is 11.8 Å². The van der Waals surface area contributed by atoms with E-state index in [2.05, 4.69) is 5.32 Å². The van der Waals surface area contributed by atoms with Crippen molar-refractivity contribution in [3.8, 4) is 0 Å². The molecule has 27 heavy (non-hydrogen) atoms. The average molecular weight is 409 g/mol. The molecule has 0 radical (unpaired) electrons. The van der Waals surface area contributed by atoms with Crippen LogP contribution in [0, 0.1) is 5.82 Å². The molecule has 0 aliphatic rings. The number of benzene rings is 2. The van der Waals surface area contributed by atoms with Gasteiger partial charge in [-0.05, 0) is 43.7 Å². The number of amides is 2. The van der Waals surface area contributed by atoms with Gasteiger partial charge in [0.15, 0.2) is 0 Å². The van der Waals surface area contributed by atoms with Crippen molar-refractivity contribution in [1.82, 2.24) is 10.2 Å². The first kappa shape index (κ1) is 21.3. The highest BCUT2D eigenvalue weighted by atomic mass is 35.5. The maximum Gasteiger partial charge on any atom is 0.239 e. The highest BCUT2D eigenvalue weighted by molar-refractivity contribution is 8.00. The Morgan fingerprint density at radius 3 is 2.48 bits per heavy atom. The molecule has 2 aromatic rings. The Labute approximate surface area is 168 Å². The van der Waals surface area contributed by atoms with Crippen molar-refractivity contribution in [1.29, 1.82) is 0 Å². The van der Waals surface area contributed by atoms with E-state index in [-0.39, 0.29) is 36.0 Å². The fourth-order valence-corrected chi connectivity index (χ4v) is 3.65. The van der Waals surface area contributed by atoms with Crippen molar-refractivity contribution in [2.45, 2.75) is 30.5 Å². The zero-order valence-electron chi connectivity index (χ0n) is 15.2. The van der Waals surface area contributed by atoms with Crippen LogP contribution in [0.5, 0.6) is 0 Å². The summed E-state index contributed by atoms with van der Waals surface area (Å²) in [7, 11) is 0. The molecule has 0 aromatic heterocycles. The summed E-state index contributed by atoms with van der Waals surface area (Å²) in [6.07, 6.45) is 0. The first-order valence-corrected chi connectivity index (χ1v) is 9.87. The zero-order valence-corrected chi connectivity index (χ0v) is 16.8. The lowest BCUT2D eigenvalue weighted by molar-refractivity contribution is -0.135. The third-order valence-electron chi connectivity index (χ3n) is 3.92. The molecule has 0 bridgehead atoms. The second-order valence-corrected chi connectivity index (χ2v) is 7.74. The molecule has 1 unspecified atom stereocenters. The summed E-state index contributed by atoms with van der Waals surface area (Å²) in [5, 5.41) is 2.99. The van der Waals surface area contributed by atoms with E-state index in [0.29, 0.717) is 11.6 Å². The summed E-state index contributed by atoms with van der Waals surface area (Å²) < 4.78 is 12.9. The second kappa shape index (κ2) is 10.3. The maximum atomic E-state index is 12.9. The summed E-state index contributed by atoms with van der Waals surface area (Å²) in [6, 6.07) is 13.3. The van der Waals surface area contributed by atoms with E-state index in [0.717, 1.165) is 10.5 Å². The van der Waals surface area contributed by atoms with E-state index in [9.17, 15) is 14.0 Å². The topological polar surface area (TPSA) is 49.4 Å². The minimum atomic E-state index is -0.366. The number of thioether (sulfide) groups is 1. The number of hydrogen-bond donors (Lipinski definition) is 1. The molecule has 144 valence electrons. The van der Waals surface area contributed by atoms with Gasteiger partial charge < -0.3 is 10.2 Å². The van der Waals surface area contributed by atoms with E-state index in [4.69, 9.17) is 11.6 Å². The fraction of sp³-hybridized carbons (Fsp3) is 0.300. The SMILES string of the molecule is CCN(CC(=O)NCc1ccc(F)cc1)C(=O)C(C)Sc1ccccc1Cl. The maximum absolute atomic E-state index is 12.9. The van der Waals surface area contributed by atoms with Gasteiger partial charge in [0.05, 0.1) is 16.8 Å². The summed E-state index contributed by atoms with van der Waals surface area (Å²) in [4.78, 5) is 27.2. The van der Waals surface area contributed by atoms with Gasteiger partial charge in [-0.2, -0.15) is 0 Å². The van der Waals surface area contributed by atoms with Crippen LogP contribution in [0.15, 0.2) is 53.4 Å². The van der Waals surface area contributed by atoms with E-state index < -0.39 is 0 Å². The lowest BCUT2D eigenvalue weighted by Gasteiger charge is -2.24. The Hall–Kier alpha value is -2.05. The Bertz CT molecular complexity index is 786. The Balaban J connectivity index is 1.88. The van der Waals surface area contributed by atoms with Gasteiger partial charge in [-0.1, -0.05) is 35.9 Å². The number of nitrogens with zero attached hydrogens (tertiary/aromatic N) is 1. The van der Waals surface area contributed by atoms with E-state index in [1.165, 1.54) is 28.8 Å². The van der Waals surface area contributed by atoms with Gasteiger partial charge in [0, 0.05) is 18.0 Å². The van der Waals surface area contributed by atoms with Gasteiger partial charge >= 0.3 is 0 Å². The third kappa shape index (κ3) is 6.56. The zero-order chi connectivity index (χ0) is 19.8. The molecule has 0 aliphatic carbocycles. The molecule has 0 fully saturated rings. The van der Waals surface area contributed by atoms with Crippen LogP contribution >= 0.6 is 23.4 Å². The molecule has 0 heterocycles. The predicted octanol–water partition coefficient (Wildman–Crippen LogP) is 4.12. The smallest absolute Gasteiger partial charge is 0.239 e. The molecule has 2 rings (SSSR count). The van der Waals surface area contributed by atoms with E-state index >= 15 is 0 Å². The van der Waals surface area contributed by atoms with Crippen LogP contribution in [0.3, 0.4) is 0 Å². The number of carbonyl (C=O) groups is 2.